The van der Waals surface area contributed by atoms with Crippen LogP contribution in [-0.4, -0.2) is 5.78 Å². The zero-order chi connectivity index (χ0) is 10.8. The van der Waals surface area contributed by atoms with E-state index < -0.39 is 0 Å². The summed E-state index contributed by atoms with van der Waals surface area (Å²) in [4.78, 5) is 13.2. The summed E-state index contributed by atoms with van der Waals surface area (Å²) in [6, 6.07) is 2.05. The molecule has 2 heteroatoms. The van der Waals surface area contributed by atoms with Crippen LogP contribution in [0.5, 0.6) is 0 Å². The molecule has 0 aromatic carbocycles. The van der Waals surface area contributed by atoms with E-state index in [1.807, 2.05) is 18.4 Å². The average Bonchev–Trinajstić information content (AvgIpc) is 2.63. The van der Waals surface area contributed by atoms with Gasteiger partial charge in [0.1, 0.15) is 0 Å². The fourth-order valence-corrected chi connectivity index (χ4v) is 3.43. The molecular formula is C13H18OS. The van der Waals surface area contributed by atoms with Gasteiger partial charge in [-0.1, -0.05) is 19.8 Å². The van der Waals surface area contributed by atoms with Crippen LogP contribution in [0.2, 0.25) is 0 Å². The van der Waals surface area contributed by atoms with Crippen molar-refractivity contribution in [1.29, 1.82) is 0 Å². The topological polar surface area (TPSA) is 17.1 Å². The molecular weight excluding hydrogens is 204 g/mol. The third-order valence-corrected chi connectivity index (χ3v) is 4.42. The van der Waals surface area contributed by atoms with Gasteiger partial charge in [0.05, 0.1) is 4.88 Å². The highest BCUT2D eigenvalue weighted by molar-refractivity contribution is 7.12. The summed E-state index contributed by atoms with van der Waals surface area (Å²) in [6.45, 7) is 4.30. The van der Waals surface area contributed by atoms with Crippen molar-refractivity contribution in [2.24, 2.45) is 11.8 Å². The Hall–Kier alpha value is -0.630. The van der Waals surface area contributed by atoms with Crippen molar-refractivity contribution in [3.05, 3.63) is 21.9 Å². The van der Waals surface area contributed by atoms with Gasteiger partial charge in [-0.25, -0.2) is 0 Å². The van der Waals surface area contributed by atoms with E-state index in [9.17, 15) is 4.79 Å². The minimum atomic E-state index is 0.297. The lowest BCUT2D eigenvalue weighted by Gasteiger charge is -2.25. The Balaban J connectivity index is 2.11. The first-order valence-electron chi connectivity index (χ1n) is 5.76. The van der Waals surface area contributed by atoms with E-state index in [1.165, 1.54) is 12.8 Å². The van der Waals surface area contributed by atoms with Gasteiger partial charge in [-0.15, -0.1) is 11.3 Å². The Morgan fingerprint density at radius 2 is 2.27 bits per heavy atom. The number of rotatable bonds is 2. The van der Waals surface area contributed by atoms with Gasteiger partial charge in [-0.3, -0.25) is 4.79 Å². The molecule has 0 N–H and O–H groups in total. The summed E-state index contributed by atoms with van der Waals surface area (Å²) >= 11 is 1.60. The molecule has 1 nitrogen and oxygen atoms in total. The predicted molar refractivity (Wildman–Crippen MR) is 64.5 cm³/mol. The standard InChI is InChI=1S/C13H18OS/c1-9-4-3-5-11(8-9)12(14)13-10(2)6-7-15-13/h6-7,9,11H,3-5,8H2,1-2H3. The number of carbonyl (C=O) groups excluding carboxylic acids is 1. The van der Waals surface area contributed by atoms with Gasteiger partial charge in [0.15, 0.2) is 5.78 Å². The second-order valence-corrected chi connectivity index (χ2v) is 5.68. The second-order valence-electron chi connectivity index (χ2n) is 4.77. The van der Waals surface area contributed by atoms with E-state index in [4.69, 9.17) is 0 Å². The molecule has 0 spiro atoms. The number of aryl methyl sites for hydroxylation is 1. The van der Waals surface area contributed by atoms with Crippen molar-refractivity contribution >= 4 is 17.1 Å². The minimum absolute atomic E-state index is 0.297. The molecule has 0 amide bonds. The SMILES string of the molecule is Cc1ccsc1C(=O)C1CCCC(C)C1. The first kappa shape index (κ1) is 10.9. The number of hydrogen-bond donors (Lipinski definition) is 0. The molecule has 2 atom stereocenters. The average molecular weight is 222 g/mol. The normalized spacial score (nSPS) is 26.5. The molecule has 1 aromatic heterocycles. The van der Waals surface area contributed by atoms with Crippen LogP contribution in [-0.2, 0) is 0 Å². The quantitative estimate of drug-likeness (QED) is 0.689. The largest absolute Gasteiger partial charge is 0.293 e. The lowest BCUT2D eigenvalue weighted by molar-refractivity contribution is 0.0872. The Morgan fingerprint density at radius 3 is 2.87 bits per heavy atom. The summed E-state index contributed by atoms with van der Waals surface area (Å²) in [7, 11) is 0. The molecule has 0 saturated heterocycles. The number of hydrogen-bond acceptors (Lipinski definition) is 2. The van der Waals surface area contributed by atoms with Gasteiger partial charge in [0.25, 0.3) is 0 Å². The van der Waals surface area contributed by atoms with Crippen molar-refractivity contribution in [2.45, 2.75) is 39.5 Å². The molecule has 0 radical (unpaired) electrons. The highest BCUT2D eigenvalue weighted by atomic mass is 32.1. The summed E-state index contributed by atoms with van der Waals surface area (Å²) in [6.07, 6.45) is 4.71. The van der Waals surface area contributed by atoms with E-state index in [2.05, 4.69) is 6.92 Å². The third-order valence-electron chi connectivity index (χ3n) is 3.39. The van der Waals surface area contributed by atoms with Crippen LogP contribution in [0.3, 0.4) is 0 Å². The van der Waals surface area contributed by atoms with Crippen LogP contribution in [0.1, 0.15) is 47.8 Å². The summed E-state index contributed by atoms with van der Waals surface area (Å²) in [5.41, 5.74) is 1.16. The molecule has 1 aliphatic rings. The minimum Gasteiger partial charge on any atom is -0.293 e. The monoisotopic (exact) mass is 222 g/mol. The lowest BCUT2D eigenvalue weighted by Crippen LogP contribution is -2.21. The molecule has 0 aliphatic heterocycles. The van der Waals surface area contributed by atoms with Gasteiger partial charge < -0.3 is 0 Å². The maximum Gasteiger partial charge on any atom is 0.176 e. The summed E-state index contributed by atoms with van der Waals surface area (Å²) in [5, 5.41) is 2.02. The molecule has 1 heterocycles. The molecule has 1 fully saturated rings. The van der Waals surface area contributed by atoms with E-state index >= 15 is 0 Å². The van der Waals surface area contributed by atoms with Crippen LogP contribution in [0, 0.1) is 18.8 Å². The van der Waals surface area contributed by atoms with Crippen LogP contribution in [0.25, 0.3) is 0 Å². The zero-order valence-electron chi connectivity index (χ0n) is 9.45. The molecule has 1 aliphatic carbocycles. The van der Waals surface area contributed by atoms with Crippen molar-refractivity contribution in [1.82, 2.24) is 0 Å². The number of Topliss-reactive ketones (excluding diaryl/α,β-unsaturated/α-hetero) is 1. The van der Waals surface area contributed by atoms with Gasteiger partial charge in [0, 0.05) is 5.92 Å². The smallest absolute Gasteiger partial charge is 0.176 e. The molecule has 15 heavy (non-hydrogen) atoms. The maximum atomic E-state index is 12.2. The van der Waals surface area contributed by atoms with Crippen molar-refractivity contribution in [2.75, 3.05) is 0 Å². The summed E-state index contributed by atoms with van der Waals surface area (Å²) < 4.78 is 0. The van der Waals surface area contributed by atoms with Crippen LogP contribution in [0.15, 0.2) is 11.4 Å². The number of ketones is 1. The lowest BCUT2D eigenvalue weighted by atomic mass is 9.80. The molecule has 0 bridgehead atoms. The maximum absolute atomic E-state index is 12.2. The fourth-order valence-electron chi connectivity index (χ4n) is 2.48. The van der Waals surface area contributed by atoms with Crippen molar-refractivity contribution in [3.8, 4) is 0 Å². The molecule has 82 valence electrons. The Morgan fingerprint density at radius 1 is 1.47 bits per heavy atom. The predicted octanol–water partition coefficient (Wildman–Crippen LogP) is 4.07. The number of thiophene rings is 1. The highest BCUT2D eigenvalue weighted by Gasteiger charge is 2.27. The number of carbonyl (C=O) groups is 1. The van der Waals surface area contributed by atoms with Gasteiger partial charge in [-0.05, 0) is 42.7 Å². The molecule has 1 aromatic rings. The van der Waals surface area contributed by atoms with Gasteiger partial charge in [0.2, 0.25) is 0 Å². The Bertz CT molecular complexity index is 353. The van der Waals surface area contributed by atoms with Crippen LogP contribution in [0.4, 0.5) is 0 Å². The highest BCUT2D eigenvalue weighted by Crippen LogP contribution is 2.32. The fraction of sp³-hybridized carbons (Fsp3) is 0.615. The first-order valence-corrected chi connectivity index (χ1v) is 6.64. The Kier molecular flexibility index (Phi) is 3.25. The third kappa shape index (κ3) is 2.31. The molecule has 2 unspecified atom stereocenters. The van der Waals surface area contributed by atoms with Crippen molar-refractivity contribution in [3.63, 3.8) is 0 Å². The van der Waals surface area contributed by atoms with Gasteiger partial charge in [-0.2, -0.15) is 0 Å². The molecule has 2 rings (SSSR count). The van der Waals surface area contributed by atoms with Crippen molar-refractivity contribution < 1.29 is 4.79 Å². The van der Waals surface area contributed by atoms with E-state index in [0.717, 1.165) is 29.2 Å². The zero-order valence-corrected chi connectivity index (χ0v) is 10.3. The van der Waals surface area contributed by atoms with Gasteiger partial charge >= 0.3 is 0 Å². The van der Waals surface area contributed by atoms with Crippen LogP contribution < -0.4 is 0 Å². The van der Waals surface area contributed by atoms with E-state index in [0.29, 0.717) is 11.7 Å². The molecule has 1 saturated carbocycles. The first-order chi connectivity index (χ1) is 7.18. The van der Waals surface area contributed by atoms with E-state index in [1.54, 1.807) is 11.3 Å². The second kappa shape index (κ2) is 4.48. The summed E-state index contributed by atoms with van der Waals surface area (Å²) in [5.74, 6) is 1.42. The van der Waals surface area contributed by atoms with E-state index in [-0.39, 0.29) is 0 Å². The Labute approximate surface area is 95.5 Å². The van der Waals surface area contributed by atoms with Crippen LogP contribution >= 0.6 is 11.3 Å².